The van der Waals surface area contributed by atoms with E-state index >= 15 is 0 Å². The predicted molar refractivity (Wildman–Crippen MR) is 114 cm³/mol. The molecule has 13 heteroatoms. The largest absolute Gasteiger partial charge is 0.480 e. The lowest BCUT2D eigenvalue weighted by atomic mass is 10.0. The first-order chi connectivity index (χ1) is 14.3. The summed E-state index contributed by atoms with van der Waals surface area (Å²) in [5.41, 5.74) is 16.3. The summed E-state index contributed by atoms with van der Waals surface area (Å²) in [4.78, 5) is 52.2. The van der Waals surface area contributed by atoms with Gasteiger partial charge in [0.25, 0.3) is 0 Å². The summed E-state index contributed by atoms with van der Waals surface area (Å²) in [6.45, 7) is 6.32. The van der Waals surface area contributed by atoms with Crippen molar-refractivity contribution in [3.8, 4) is 0 Å². The SMILES string of the molecule is CC(NC(=O)C(N)C(C)C)C(=O)NC(CCCN=C(N)N)C(=O)NC(C(=O)O)C(C)O. The van der Waals surface area contributed by atoms with Gasteiger partial charge in [-0.1, -0.05) is 13.8 Å². The van der Waals surface area contributed by atoms with Gasteiger partial charge in [0.15, 0.2) is 12.0 Å². The molecule has 0 heterocycles. The lowest BCUT2D eigenvalue weighted by molar-refractivity contribution is -0.145. The Morgan fingerprint density at radius 3 is 1.97 bits per heavy atom. The van der Waals surface area contributed by atoms with Crippen molar-refractivity contribution in [1.82, 2.24) is 16.0 Å². The highest BCUT2D eigenvalue weighted by Gasteiger charge is 2.30. The summed E-state index contributed by atoms with van der Waals surface area (Å²) in [6, 6.07) is -4.53. The van der Waals surface area contributed by atoms with Crippen molar-refractivity contribution in [2.45, 2.75) is 70.8 Å². The fraction of sp³-hybridized carbons (Fsp3) is 0.722. The molecule has 3 amide bonds. The molecule has 0 aliphatic heterocycles. The van der Waals surface area contributed by atoms with Gasteiger partial charge in [-0.2, -0.15) is 0 Å². The van der Waals surface area contributed by atoms with Gasteiger partial charge in [-0.3, -0.25) is 19.4 Å². The molecule has 0 spiro atoms. The molecule has 13 nitrogen and oxygen atoms in total. The molecule has 31 heavy (non-hydrogen) atoms. The summed E-state index contributed by atoms with van der Waals surface area (Å²) in [7, 11) is 0. The van der Waals surface area contributed by atoms with Gasteiger partial charge in [0.1, 0.15) is 12.1 Å². The number of carbonyl (C=O) groups excluding carboxylic acids is 3. The van der Waals surface area contributed by atoms with Gasteiger partial charge in [-0.05, 0) is 32.6 Å². The molecule has 0 bridgehead atoms. The van der Waals surface area contributed by atoms with Crippen LogP contribution in [0.3, 0.4) is 0 Å². The molecular weight excluding hydrogens is 410 g/mol. The van der Waals surface area contributed by atoms with E-state index in [0.717, 1.165) is 0 Å². The number of carboxylic acid groups (broad SMARTS) is 1. The third kappa shape index (κ3) is 10.6. The van der Waals surface area contributed by atoms with E-state index in [0.29, 0.717) is 6.42 Å². The Morgan fingerprint density at radius 2 is 1.52 bits per heavy atom. The number of hydrogen-bond acceptors (Lipinski definition) is 7. The molecule has 5 atom stereocenters. The minimum atomic E-state index is -1.56. The molecular formula is C18H35N7O6. The molecule has 178 valence electrons. The highest BCUT2D eigenvalue weighted by atomic mass is 16.4. The van der Waals surface area contributed by atoms with Crippen molar-refractivity contribution in [1.29, 1.82) is 0 Å². The molecule has 0 aromatic carbocycles. The van der Waals surface area contributed by atoms with Crippen molar-refractivity contribution in [2.24, 2.45) is 28.1 Å². The van der Waals surface area contributed by atoms with E-state index in [1.54, 1.807) is 13.8 Å². The van der Waals surface area contributed by atoms with Crippen LogP contribution in [0.5, 0.6) is 0 Å². The third-order valence-electron chi connectivity index (χ3n) is 4.40. The number of nitrogens with two attached hydrogens (primary N) is 3. The number of guanidine groups is 1. The number of aliphatic imine (C=N–C) groups is 1. The van der Waals surface area contributed by atoms with Crippen molar-refractivity contribution in [3.05, 3.63) is 0 Å². The Morgan fingerprint density at radius 1 is 0.935 bits per heavy atom. The van der Waals surface area contributed by atoms with Gasteiger partial charge in [-0.15, -0.1) is 0 Å². The molecule has 0 rings (SSSR count). The maximum absolute atomic E-state index is 12.6. The number of nitrogens with one attached hydrogen (secondary N) is 3. The van der Waals surface area contributed by atoms with Crippen LogP contribution in [0, 0.1) is 5.92 Å². The lowest BCUT2D eigenvalue weighted by Crippen LogP contribution is -2.58. The Bertz CT molecular complexity index is 664. The summed E-state index contributed by atoms with van der Waals surface area (Å²) in [5, 5.41) is 25.8. The zero-order chi connectivity index (χ0) is 24.3. The van der Waals surface area contributed by atoms with E-state index < -0.39 is 54.0 Å². The number of aliphatic hydroxyl groups excluding tert-OH is 1. The second-order valence-corrected chi connectivity index (χ2v) is 7.58. The number of aliphatic hydroxyl groups is 1. The smallest absolute Gasteiger partial charge is 0.328 e. The second kappa shape index (κ2) is 13.4. The topological polar surface area (TPSA) is 235 Å². The third-order valence-corrected chi connectivity index (χ3v) is 4.40. The molecule has 0 fully saturated rings. The van der Waals surface area contributed by atoms with Gasteiger partial charge in [0.2, 0.25) is 17.7 Å². The Balaban J connectivity index is 5.24. The zero-order valence-electron chi connectivity index (χ0n) is 18.3. The van der Waals surface area contributed by atoms with E-state index in [4.69, 9.17) is 22.3 Å². The van der Waals surface area contributed by atoms with Gasteiger partial charge < -0.3 is 43.4 Å². The summed E-state index contributed by atoms with van der Waals surface area (Å²) >= 11 is 0. The number of carboxylic acids is 1. The molecule has 0 saturated carbocycles. The first-order valence-corrected chi connectivity index (χ1v) is 9.90. The summed E-state index contributed by atoms with van der Waals surface area (Å²) in [6.07, 6.45) is -0.996. The second-order valence-electron chi connectivity index (χ2n) is 7.58. The number of carbonyl (C=O) groups is 4. The minimum Gasteiger partial charge on any atom is -0.480 e. The van der Waals surface area contributed by atoms with E-state index in [1.165, 1.54) is 13.8 Å². The summed E-state index contributed by atoms with van der Waals surface area (Å²) in [5.74, 6) is -3.72. The van der Waals surface area contributed by atoms with Crippen LogP contribution in [0.4, 0.5) is 0 Å². The number of aliphatic carboxylic acids is 1. The number of hydrogen-bond donors (Lipinski definition) is 8. The quantitative estimate of drug-likeness (QED) is 0.0815. The Kier molecular flexibility index (Phi) is 12.1. The van der Waals surface area contributed by atoms with Crippen LogP contribution in [-0.2, 0) is 19.2 Å². The Hall–Kier alpha value is -2.93. The van der Waals surface area contributed by atoms with Crippen LogP contribution >= 0.6 is 0 Å². The molecule has 0 aliphatic rings. The normalized spacial score (nSPS) is 15.7. The lowest BCUT2D eigenvalue weighted by Gasteiger charge is -2.24. The van der Waals surface area contributed by atoms with Crippen molar-refractivity contribution >= 4 is 29.7 Å². The van der Waals surface area contributed by atoms with Gasteiger partial charge >= 0.3 is 5.97 Å². The first kappa shape index (κ1) is 28.1. The average molecular weight is 446 g/mol. The van der Waals surface area contributed by atoms with Gasteiger partial charge in [0, 0.05) is 6.54 Å². The highest BCUT2D eigenvalue weighted by Crippen LogP contribution is 2.03. The van der Waals surface area contributed by atoms with Gasteiger partial charge in [-0.25, -0.2) is 4.79 Å². The minimum absolute atomic E-state index is 0.0761. The molecule has 0 saturated heterocycles. The van der Waals surface area contributed by atoms with Crippen LogP contribution in [-0.4, -0.2) is 76.7 Å². The van der Waals surface area contributed by atoms with Gasteiger partial charge in [0.05, 0.1) is 12.1 Å². The van der Waals surface area contributed by atoms with Crippen molar-refractivity contribution in [2.75, 3.05) is 6.54 Å². The van der Waals surface area contributed by atoms with E-state index in [2.05, 4.69) is 20.9 Å². The monoisotopic (exact) mass is 445 g/mol. The van der Waals surface area contributed by atoms with Crippen LogP contribution < -0.4 is 33.2 Å². The van der Waals surface area contributed by atoms with Crippen molar-refractivity contribution < 1.29 is 29.4 Å². The number of amides is 3. The molecule has 0 aromatic rings. The average Bonchev–Trinajstić information content (AvgIpc) is 2.66. The van der Waals surface area contributed by atoms with Crippen LogP contribution in [0.2, 0.25) is 0 Å². The maximum Gasteiger partial charge on any atom is 0.328 e. The molecule has 0 aromatic heterocycles. The van der Waals surface area contributed by atoms with Crippen LogP contribution in [0.1, 0.15) is 40.5 Å². The fourth-order valence-electron chi connectivity index (χ4n) is 2.39. The Labute approximate surface area is 181 Å². The standard InChI is InChI=1S/C18H35N7O6/c1-8(2)12(19)16(29)23-9(3)14(27)24-11(6-5-7-22-18(20)21)15(28)25-13(10(4)26)17(30)31/h8-13,26H,5-7,19H2,1-4H3,(H,23,29)(H,24,27)(H,25,28)(H,30,31)(H4,20,21,22). The predicted octanol–water partition coefficient (Wildman–Crippen LogP) is -3.04. The van der Waals surface area contributed by atoms with Crippen molar-refractivity contribution in [3.63, 3.8) is 0 Å². The fourth-order valence-corrected chi connectivity index (χ4v) is 2.39. The van der Waals surface area contributed by atoms with Crippen LogP contribution in [0.25, 0.3) is 0 Å². The summed E-state index contributed by atoms with van der Waals surface area (Å²) < 4.78 is 0. The maximum atomic E-state index is 12.6. The molecule has 5 unspecified atom stereocenters. The van der Waals surface area contributed by atoms with E-state index in [-0.39, 0.29) is 24.8 Å². The molecule has 0 radical (unpaired) electrons. The number of rotatable bonds is 13. The van der Waals surface area contributed by atoms with E-state index in [1.807, 2.05) is 0 Å². The molecule has 11 N–H and O–H groups in total. The number of nitrogens with zero attached hydrogens (tertiary/aromatic N) is 1. The zero-order valence-corrected chi connectivity index (χ0v) is 18.3. The highest BCUT2D eigenvalue weighted by molar-refractivity contribution is 5.94. The van der Waals surface area contributed by atoms with E-state index in [9.17, 15) is 24.3 Å². The first-order valence-electron chi connectivity index (χ1n) is 9.90. The van der Waals surface area contributed by atoms with Crippen LogP contribution in [0.15, 0.2) is 4.99 Å². The molecule has 0 aliphatic carbocycles.